The first-order chi connectivity index (χ1) is 19.1. The molecule has 0 spiro atoms. The van der Waals surface area contributed by atoms with E-state index in [1.54, 1.807) is 42.5 Å². The molecule has 2 aromatic carbocycles. The third-order valence-electron chi connectivity index (χ3n) is 6.16. The highest BCUT2D eigenvalue weighted by Crippen LogP contribution is 2.39. The summed E-state index contributed by atoms with van der Waals surface area (Å²) in [6.07, 6.45) is -7.24. The summed E-state index contributed by atoms with van der Waals surface area (Å²) in [6.45, 7) is 5.74. The van der Waals surface area contributed by atoms with Crippen molar-refractivity contribution in [3.8, 4) is 0 Å². The molecule has 6 atom stereocenters. The van der Waals surface area contributed by atoms with Gasteiger partial charge in [0.1, 0.15) is 18.8 Å². The van der Waals surface area contributed by atoms with Crippen molar-refractivity contribution in [2.75, 3.05) is 6.61 Å². The molecule has 10 nitrogen and oxygen atoms in total. The Bertz CT molecular complexity index is 1270. The molecule has 2 aromatic rings. The van der Waals surface area contributed by atoms with Crippen LogP contribution in [-0.2, 0) is 49.3 Å². The summed E-state index contributed by atoms with van der Waals surface area (Å²) in [4.78, 5) is 47.8. The van der Waals surface area contributed by atoms with Gasteiger partial charge in [0.25, 0.3) is 0 Å². The van der Waals surface area contributed by atoms with Crippen LogP contribution in [0.2, 0.25) is 5.02 Å². The molecule has 1 heterocycles. The van der Waals surface area contributed by atoms with E-state index in [2.05, 4.69) is 0 Å². The van der Waals surface area contributed by atoms with Crippen molar-refractivity contribution in [1.82, 2.24) is 0 Å². The zero-order valence-corrected chi connectivity index (χ0v) is 23.6. The van der Waals surface area contributed by atoms with Crippen LogP contribution in [-0.4, -0.2) is 60.0 Å². The highest BCUT2D eigenvalue weighted by Gasteiger charge is 2.52. The molecule has 0 saturated carbocycles. The number of hydrogen-bond donors (Lipinski definition) is 1. The first-order valence-corrected chi connectivity index (χ1v) is 12.9. The molecular formula is C29H33ClO10. The van der Waals surface area contributed by atoms with Crippen molar-refractivity contribution in [3.05, 3.63) is 69.7 Å². The van der Waals surface area contributed by atoms with E-state index in [9.17, 15) is 24.3 Å². The number of aliphatic hydroxyl groups is 1. The van der Waals surface area contributed by atoms with E-state index in [1.807, 2.05) is 0 Å². The van der Waals surface area contributed by atoms with Crippen molar-refractivity contribution in [3.63, 3.8) is 0 Å². The van der Waals surface area contributed by atoms with Crippen molar-refractivity contribution in [2.45, 2.75) is 77.6 Å². The molecule has 40 heavy (non-hydrogen) atoms. The van der Waals surface area contributed by atoms with Crippen LogP contribution in [0.15, 0.2) is 42.5 Å². The average molecular weight is 578 g/mol. The fourth-order valence-corrected chi connectivity index (χ4v) is 4.67. The van der Waals surface area contributed by atoms with Crippen LogP contribution in [0.4, 0.5) is 0 Å². The van der Waals surface area contributed by atoms with Gasteiger partial charge in [-0.2, -0.15) is 0 Å². The zero-order valence-electron chi connectivity index (χ0n) is 23.8. The number of ether oxygens (including phenoxy) is 5. The largest absolute Gasteiger partial charge is 0.463 e. The second-order valence-electron chi connectivity index (χ2n) is 9.43. The number of benzene rings is 2. The SMILES string of the molecule is [2H]C(C)(O)c1ccc(Cc2cc([C@@H]3O[C@H](COC(C)=O)[C@@H](OC(C)=O)[C@H](OC(C)=O)[C@H]3OC(C)=O)ccc2Cl)cc1. The van der Waals surface area contributed by atoms with E-state index in [0.717, 1.165) is 19.4 Å². The van der Waals surface area contributed by atoms with Crippen LogP contribution >= 0.6 is 11.6 Å². The molecule has 0 bridgehead atoms. The molecule has 1 aliphatic rings. The minimum Gasteiger partial charge on any atom is -0.463 e. The van der Waals surface area contributed by atoms with Gasteiger partial charge >= 0.3 is 23.9 Å². The van der Waals surface area contributed by atoms with Gasteiger partial charge in [0.2, 0.25) is 0 Å². The predicted molar refractivity (Wildman–Crippen MR) is 142 cm³/mol. The Hall–Kier alpha value is -3.47. The number of rotatable bonds is 9. The number of hydrogen-bond acceptors (Lipinski definition) is 10. The monoisotopic (exact) mass is 577 g/mol. The minimum absolute atomic E-state index is 0.332. The average Bonchev–Trinajstić information content (AvgIpc) is 2.85. The van der Waals surface area contributed by atoms with E-state index in [0.29, 0.717) is 28.1 Å². The molecule has 0 aliphatic carbocycles. The second kappa shape index (κ2) is 13.7. The fraction of sp³-hybridized carbons (Fsp3) is 0.448. The van der Waals surface area contributed by atoms with E-state index in [1.165, 1.54) is 20.8 Å². The minimum atomic E-state index is -1.73. The summed E-state index contributed by atoms with van der Waals surface area (Å²) >= 11 is 6.52. The lowest BCUT2D eigenvalue weighted by Gasteiger charge is -2.44. The normalized spacial score (nSPS) is 24.2. The molecule has 216 valence electrons. The molecule has 1 unspecified atom stereocenters. The van der Waals surface area contributed by atoms with Crippen LogP contribution < -0.4 is 0 Å². The third-order valence-corrected chi connectivity index (χ3v) is 6.52. The lowest BCUT2D eigenvalue weighted by atomic mass is 9.89. The van der Waals surface area contributed by atoms with Gasteiger partial charge in [-0.15, -0.1) is 0 Å². The number of carbonyl (C=O) groups excluding carboxylic acids is 4. The molecule has 1 aliphatic heterocycles. The summed E-state index contributed by atoms with van der Waals surface area (Å²) in [7, 11) is 0. The van der Waals surface area contributed by atoms with E-state index in [-0.39, 0.29) is 6.61 Å². The molecule has 1 fully saturated rings. The molecule has 1 N–H and O–H groups in total. The van der Waals surface area contributed by atoms with Crippen molar-refractivity contribution < 1.29 is 49.3 Å². The Morgan fingerprint density at radius 2 is 1.48 bits per heavy atom. The van der Waals surface area contributed by atoms with Gasteiger partial charge < -0.3 is 28.8 Å². The van der Waals surface area contributed by atoms with Crippen LogP contribution in [0.5, 0.6) is 0 Å². The van der Waals surface area contributed by atoms with Gasteiger partial charge in [-0.1, -0.05) is 48.0 Å². The highest BCUT2D eigenvalue weighted by molar-refractivity contribution is 6.31. The van der Waals surface area contributed by atoms with Crippen LogP contribution in [0, 0.1) is 0 Å². The summed E-state index contributed by atoms with van der Waals surface area (Å²) < 4.78 is 35.7. The van der Waals surface area contributed by atoms with Gasteiger partial charge in [-0.25, -0.2) is 0 Å². The maximum atomic E-state index is 12.2. The number of esters is 4. The van der Waals surface area contributed by atoms with Gasteiger partial charge in [-0.05, 0) is 41.7 Å². The molecule has 3 rings (SSSR count). The molecule has 0 radical (unpaired) electrons. The second-order valence-corrected chi connectivity index (χ2v) is 9.84. The van der Waals surface area contributed by atoms with Crippen molar-refractivity contribution in [2.24, 2.45) is 0 Å². The lowest BCUT2D eigenvalue weighted by Crippen LogP contribution is -2.59. The fourth-order valence-electron chi connectivity index (χ4n) is 4.49. The summed E-state index contributed by atoms with van der Waals surface area (Å²) in [6, 6.07) is 11.9. The molecule has 0 amide bonds. The summed E-state index contributed by atoms with van der Waals surface area (Å²) in [5.74, 6) is -2.73. The predicted octanol–water partition coefficient (Wildman–Crippen LogP) is 3.78. The number of halogens is 1. The Morgan fingerprint density at radius 3 is 2.02 bits per heavy atom. The zero-order chi connectivity index (χ0) is 30.5. The van der Waals surface area contributed by atoms with E-state index in [4.69, 9.17) is 36.7 Å². The quantitative estimate of drug-likeness (QED) is 0.346. The smallest absolute Gasteiger partial charge is 0.303 e. The van der Waals surface area contributed by atoms with Crippen LogP contribution in [0.1, 0.15) is 70.4 Å². The van der Waals surface area contributed by atoms with Gasteiger partial charge in [0.05, 0.1) is 7.45 Å². The third kappa shape index (κ3) is 8.27. The summed E-state index contributed by atoms with van der Waals surface area (Å²) in [5, 5.41) is 10.4. The van der Waals surface area contributed by atoms with E-state index >= 15 is 0 Å². The van der Waals surface area contributed by atoms with Crippen molar-refractivity contribution in [1.29, 1.82) is 0 Å². The topological polar surface area (TPSA) is 135 Å². The summed E-state index contributed by atoms with van der Waals surface area (Å²) in [5.41, 5.74) is 2.47. The Kier molecular flexibility index (Phi) is 10.1. The van der Waals surface area contributed by atoms with Gasteiger partial charge in [-0.3, -0.25) is 19.2 Å². The lowest BCUT2D eigenvalue weighted by molar-refractivity contribution is -0.254. The van der Waals surface area contributed by atoms with Crippen molar-refractivity contribution >= 4 is 35.5 Å². The van der Waals surface area contributed by atoms with Gasteiger partial charge in [0.15, 0.2) is 18.3 Å². The first-order valence-electron chi connectivity index (χ1n) is 13.1. The Balaban J connectivity index is 2.04. The maximum Gasteiger partial charge on any atom is 0.303 e. The number of carbonyl (C=O) groups is 4. The Labute approximate surface area is 238 Å². The molecule has 1 saturated heterocycles. The Morgan fingerprint density at radius 1 is 0.900 bits per heavy atom. The molecule has 0 aromatic heterocycles. The highest BCUT2D eigenvalue weighted by atomic mass is 35.5. The van der Waals surface area contributed by atoms with Crippen LogP contribution in [0.25, 0.3) is 0 Å². The van der Waals surface area contributed by atoms with E-state index < -0.39 is 60.5 Å². The maximum absolute atomic E-state index is 12.2. The molecular weight excluding hydrogens is 544 g/mol. The standard InChI is InChI=1S/C29H33ClO10/c1-15(31)21-8-6-20(7-9-21)12-23-13-22(10-11-24(23)30)26-28(38-18(4)34)29(39-19(5)35)27(37-17(3)33)25(40-26)14-36-16(2)32/h6-11,13,15,25-29,31H,12,14H2,1-5H3/t15?,25-,26+,27-,28+,29+/m1/s1/i15D. The van der Waals surface area contributed by atoms with Gasteiger partial charge in [0, 0.05) is 32.7 Å². The molecule has 11 heteroatoms. The first kappa shape index (κ1) is 29.5. The van der Waals surface area contributed by atoms with Crippen LogP contribution in [0.3, 0.4) is 0 Å².